The first-order valence-electron chi connectivity index (χ1n) is 9.67. The summed E-state index contributed by atoms with van der Waals surface area (Å²) in [5.74, 6) is 1.00. The summed E-state index contributed by atoms with van der Waals surface area (Å²) in [6.45, 7) is 6.73. The highest BCUT2D eigenvalue weighted by molar-refractivity contribution is 5.91. The van der Waals surface area contributed by atoms with Crippen molar-refractivity contribution >= 4 is 11.6 Å². The van der Waals surface area contributed by atoms with Gasteiger partial charge in [-0.1, -0.05) is 12.5 Å². The number of piperidine rings is 1. The number of carbonyl (C=O) groups excluding carboxylic acids is 1. The minimum atomic E-state index is -0.208. The van der Waals surface area contributed by atoms with Gasteiger partial charge in [-0.25, -0.2) is 4.98 Å². The maximum absolute atomic E-state index is 12.5. The van der Waals surface area contributed by atoms with Crippen molar-refractivity contribution < 1.29 is 9.21 Å². The first-order chi connectivity index (χ1) is 13.1. The zero-order chi connectivity index (χ0) is 18.8. The third-order valence-electron chi connectivity index (χ3n) is 5.36. The van der Waals surface area contributed by atoms with Gasteiger partial charge in [-0.2, -0.15) is 0 Å². The number of nitrogens with zero attached hydrogens (tertiary/aromatic N) is 3. The normalized spacial score (nSPS) is 16.5. The van der Waals surface area contributed by atoms with Gasteiger partial charge in [0.2, 0.25) is 0 Å². The topological polar surface area (TPSA) is 62.8 Å². The van der Waals surface area contributed by atoms with E-state index >= 15 is 0 Å². The molecular formula is C21H26N4O2. The van der Waals surface area contributed by atoms with Crippen LogP contribution in [0.15, 0.2) is 41.1 Å². The lowest BCUT2D eigenvalue weighted by molar-refractivity contribution is 0.0913. The Morgan fingerprint density at radius 2 is 2.07 bits per heavy atom. The summed E-state index contributed by atoms with van der Waals surface area (Å²) in [5, 5.41) is 2.91. The number of rotatable bonds is 5. The number of furan rings is 1. The third kappa shape index (κ3) is 3.76. The van der Waals surface area contributed by atoms with Crippen molar-refractivity contribution in [1.29, 1.82) is 0 Å². The van der Waals surface area contributed by atoms with E-state index in [0.29, 0.717) is 12.3 Å². The van der Waals surface area contributed by atoms with E-state index in [9.17, 15) is 4.79 Å². The molecule has 0 saturated carbocycles. The quantitative estimate of drug-likeness (QED) is 0.748. The van der Waals surface area contributed by atoms with Crippen LogP contribution in [0.4, 0.5) is 0 Å². The Hall–Kier alpha value is -2.60. The average molecular weight is 366 g/mol. The number of pyridine rings is 1. The number of aromatic nitrogens is 2. The number of likely N-dealkylation sites (tertiary alicyclic amines) is 1. The molecule has 142 valence electrons. The van der Waals surface area contributed by atoms with Crippen molar-refractivity contribution in [3.8, 4) is 0 Å². The van der Waals surface area contributed by atoms with Crippen LogP contribution in [0.2, 0.25) is 0 Å². The molecule has 27 heavy (non-hydrogen) atoms. The molecule has 1 saturated heterocycles. The fourth-order valence-corrected chi connectivity index (χ4v) is 3.73. The zero-order valence-electron chi connectivity index (χ0n) is 15.9. The first kappa shape index (κ1) is 17.8. The van der Waals surface area contributed by atoms with Gasteiger partial charge in [-0.3, -0.25) is 9.69 Å². The van der Waals surface area contributed by atoms with Crippen molar-refractivity contribution in [2.24, 2.45) is 0 Å². The molecule has 3 aromatic rings. The Labute approximate surface area is 159 Å². The number of carbonyl (C=O) groups is 1. The van der Waals surface area contributed by atoms with Crippen molar-refractivity contribution in [3.05, 3.63) is 59.4 Å². The SMILES string of the molecule is Cc1cccn2cc(CNC(=O)c3ccc([C@@H](C)N4CCCCC4)o3)nc12. The summed E-state index contributed by atoms with van der Waals surface area (Å²) in [7, 11) is 0. The van der Waals surface area contributed by atoms with Crippen LogP contribution < -0.4 is 5.32 Å². The minimum absolute atomic E-state index is 0.202. The largest absolute Gasteiger partial charge is 0.454 e. The number of fused-ring (bicyclic) bond motifs is 1. The highest BCUT2D eigenvalue weighted by Gasteiger charge is 2.22. The summed E-state index contributed by atoms with van der Waals surface area (Å²) in [6, 6.07) is 7.90. The van der Waals surface area contributed by atoms with Crippen LogP contribution in [0.5, 0.6) is 0 Å². The molecule has 0 aromatic carbocycles. The number of aryl methyl sites for hydroxylation is 1. The lowest BCUT2D eigenvalue weighted by Gasteiger charge is -2.31. The molecule has 1 aliphatic rings. The smallest absolute Gasteiger partial charge is 0.287 e. The zero-order valence-corrected chi connectivity index (χ0v) is 15.9. The van der Waals surface area contributed by atoms with Crippen LogP contribution >= 0.6 is 0 Å². The summed E-state index contributed by atoms with van der Waals surface area (Å²) < 4.78 is 7.82. The molecule has 4 rings (SSSR count). The standard InChI is InChI=1S/C21H26N4O2/c1-15-7-6-12-25-14-17(23-20(15)25)13-22-21(26)19-9-8-18(27-19)16(2)24-10-4-3-5-11-24/h6-9,12,14,16H,3-5,10-11,13H2,1-2H3,(H,22,26)/t16-/m1/s1. The number of hydrogen-bond acceptors (Lipinski definition) is 4. The van der Waals surface area contributed by atoms with E-state index in [1.165, 1.54) is 19.3 Å². The van der Waals surface area contributed by atoms with Gasteiger partial charge in [0.1, 0.15) is 11.4 Å². The first-order valence-corrected chi connectivity index (χ1v) is 9.67. The van der Waals surface area contributed by atoms with E-state index in [1.807, 2.05) is 41.9 Å². The molecule has 0 unspecified atom stereocenters. The minimum Gasteiger partial charge on any atom is -0.454 e. The average Bonchev–Trinajstić information content (AvgIpc) is 3.34. The highest BCUT2D eigenvalue weighted by Crippen LogP contribution is 2.25. The molecule has 4 heterocycles. The molecule has 3 aromatic heterocycles. The van der Waals surface area contributed by atoms with E-state index in [1.54, 1.807) is 6.07 Å². The van der Waals surface area contributed by atoms with Gasteiger partial charge in [-0.05, 0) is 63.5 Å². The van der Waals surface area contributed by atoms with Crippen LogP contribution in [0.25, 0.3) is 5.65 Å². The maximum atomic E-state index is 12.5. The van der Waals surface area contributed by atoms with E-state index in [-0.39, 0.29) is 11.9 Å². The molecule has 0 spiro atoms. The van der Waals surface area contributed by atoms with Gasteiger partial charge in [-0.15, -0.1) is 0 Å². The number of imidazole rings is 1. The third-order valence-corrected chi connectivity index (χ3v) is 5.36. The molecular weight excluding hydrogens is 340 g/mol. The number of nitrogens with one attached hydrogen (secondary N) is 1. The second kappa shape index (κ2) is 7.56. The highest BCUT2D eigenvalue weighted by atomic mass is 16.4. The predicted octanol–water partition coefficient (Wildman–Crippen LogP) is 3.71. The van der Waals surface area contributed by atoms with E-state index in [2.05, 4.69) is 22.1 Å². The number of amides is 1. The van der Waals surface area contributed by atoms with Gasteiger partial charge in [0.05, 0.1) is 18.3 Å². The van der Waals surface area contributed by atoms with Gasteiger partial charge in [0.15, 0.2) is 5.76 Å². The summed E-state index contributed by atoms with van der Waals surface area (Å²) in [4.78, 5) is 19.5. The van der Waals surface area contributed by atoms with E-state index in [0.717, 1.165) is 35.8 Å². The lowest BCUT2D eigenvalue weighted by atomic mass is 10.1. The van der Waals surface area contributed by atoms with Crippen LogP contribution in [-0.4, -0.2) is 33.3 Å². The fraction of sp³-hybridized carbons (Fsp3) is 0.429. The molecule has 0 aliphatic carbocycles. The van der Waals surface area contributed by atoms with Crippen LogP contribution in [0.3, 0.4) is 0 Å². The van der Waals surface area contributed by atoms with Crippen molar-refractivity contribution in [1.82, 2.24) is 19.6 Å². The molecule has 0 bridgehead atoms. The van der Waals surface area contributed by atoms with Gasteiger partial charge in [0.25, 0.3) is 5.91 Å². The second-order valence-corrected chi connectivity index (χ2v) is 7.31. The maximum Gasteiger partial charge on any atom is 0.287 e. The summed E-state index contributed by atoms with van der Waals surface area (Å²) in [5.41, 5.74) is 2.85. The molecule has 1 atom stereocenters. The van der Waals surface area contributed by atoms with Gasteiger partial charge in [0, 0.05) is 12.4 Å². The summed E-state index contributed by atoms with van der Waals surface area (Å²) in [6.07, 6.45) is 7.67. The molecule has 1 fully saturated rings. The van der Waals surface area contributed by atoms with Crippen LogP contribution in [0, 0.1) is 6.92 Å². The second-order valence-electron chi connectivity index (χ2n) is 7.31. The van der Waals surface area contributed by atoms with E-state index < -0.39 is 0 Å². The summed E-state index contributed by atoms with van der Waals surface area (Å²) >= 11 is 0. The Bertz CT molecular complexity index is 937. The van der Waals surface area contributed by atoms with E-state index in [4.69, 9.17) is 4.42 Å². The fourth-order valence-electron chi connectivity index (χ4n) is 3.73. The number of hydrogen-bond donors (Lipinski definition) is 1. The van der Waals surface area contributed by atoms with Crippen LogP contribution in [0.1, 0.15) is 59.8 Å². The monoisotopic (exact) mass is 366 g/mol. The van der Waals surface area contributed by atoms with Crippen LogP contribution in [-0.2, 0) is 6.54 Å². The molecule has 1 amide bonds. The van der Waals surface area contributed by atoms with Crippen molar-refractivity contribution in [3.63, 3.8) is 0 Å². The Morgan fingerprint density at radius 3 is 2.85 bits per heavy atom. The van der Waals surface area contributed by atoms with Gasteiger partial charge >= 0.3 is 0 Å². The van der Waals surface area contributed by atoms with Crippen molar-refractivity contribution in [2.45, 2.75) is 45.7 Å². The Kier molecular flexibility index (Phi) is 4.99. The van der Waals surface area contributed by atoms with Crippen molar-refractivity contribution in [2.75, 3.05) is 13.1 Å². The predicted molar refractivity (Wildman–Crippen MR) is 104 cm³/mol. The molecule has 6 nitrogen and oxygen atoms in total. The Balaban J connectivity index is 1.39. The Morgan fingerprint density at radius 1 is 1.26 bits per heavy atom. The molecule has 6 heteroatoms. The molecule has 1 aliphatic heterocycles. The molecule has 0 radical (unpaired) electrons. The molecule has 1 N–H and O–H groups in total. The van der Waals surface area contributed by atoms with Gasteiger partial charge < -0.3 is 14.1 Å². The lowest BCUT2D eigenvalue weighted by Crippen LogP contribution is -2.32.